The van der Waals surface area contributed by atoms with Crippen molar-refractivity contribution in [2.24, 2.45) is 7.05 Å². The van der Waals surface area contributed by atoms with Crippen LogP contribution in [0, 0.1) is 0 Å². The largest absolute Gasteiger partial charge is 0.461 e. The number of aromatic nitrogens is 2. The number of carbonyl (C=O) groups is 1. The Kier molecular flexibility index (Phi) is 3.97. The van der Waals surface area contributed by atoms with Crippen LogP contribution in [-0.4, -0.2) is 22.4 Å². The highest BCUT2D eigenvalue weighted by Crippen LogP contribution is 2.24. The Balaban J connectivity index is 2.00. The van der Waals surface area contributed by atoms with Crippen molar-refractivity contribution in [3.8, 4) is 0 Å². The van der Waals surface area contributed by atoms with Gasteiger partial charge in [0.25, 0.3) is 6.08 Å². The molecule has 0 radical (unpaired) electrons. The van der Waals surface area contributed by atoms with Crippen LogP contribution in [0.4, 0.5) is 8.78 Å². The Morgan fingerprint density at radius 3 is 2.84 bits per heavy atom. The molecule has 1 aliphatic rings. The van der Waals surface area contributed by atoms with Crippen molar-refractivity contribution in [2.45, 2.75) is 32.6 Å². The van der Waals surface area contributed by atoms with Gasteiger partial charge in [0.15, 0.2) is 0 Å². The Hall–Kier alpha value is -1.72. The van der Waals surface area contributed by atoms with Gasteiger partial charge in [0, 0.05) is 19.0 Å². The number of hydrogen-bond acceptors (Lipinski definition) is 3. The van der Waals surface area contributed by atoms with Crippen molar-refractivity contribution < 1.29 is 18.3 Å². The maximum Gasteiger partial charge on any atom is 0.356 e. The molecule has 1 aliphatic carbocycles. The van der Waals surface area contributed by atoms with Gasteiger partial charge < -0.3 is 4.74 Å². The first-order chi connectivity index (χ1) is 9.00. The molecule has 0 atom stereocenters. The number of esters is 1. The van der Waals surface area contributed by atoms with Gasteiger partial charge in [-0.15, -0.1) is 0 Å². The summed E-state index contributed by atoms with van der Waals surface area (Å²) in [6.07, 6.45) is 1.04. The van der Waals surface area contributed by atoms with E-state index in [9.17, 15) is 13.6 Å². The molecule has 1 aromatic heterocycles. The summed E-state index contributed by atoms with van der Waals surface area (Å²) in [6, 6.07) is 0. The van der Waals surface area contributed by atoms with E-state index in [1.165, 1.54) is 11.6 Å². The molecule has 2 rings (SSSR count). The second-order valence-corrected chi connectivity index (χ2v) is 4.68. The number of rotatable bonds is 4. The number of fused-ring (bicyclic) bond motifs is 1. The highest BCUT2D eigenvalue weighted by atomic mass is 19.3. The van der Waals surface area contributed by atoms with Crippen LogP contribution >= 0.6 is 0 Å². The summed E-state index contributed by atoms with van der Waals surface area (Å²) in [5, 5.41) is 4.27. The summed E-state index contributed by atoms with van der Waals surface area (Å²) in [5.74, 6) is -0.481. The lowest BCUT2D eigenvalue weighted by Crippen LogP contribution is -2.13. The van der Waals surface area contributed by atoms with E-state index in [-0.39, 0.29) is 18.6 Å². The highest BCUT2D eigenvalue weighted by Gasteiger charge is 2.26. The fourth-order valence-electron chi connectivity index (χ4n) is 2.23. The van der Waals surface area contributed by atoms with Gasteiger partial charge in [0.05, 0.1) is 12.3 Å². The lowest BCUT2D eigenvalue weighted by molar-refractivity contribution is 0.0494. The molecule has 0 saturated heterocycles. The monoisotopic (exact) mass is 270 g/mol. The van der Waals surface area contributed by atoms with Crippen molar-refractivity contribution in [3.63, 3.8) is 0 Å². The summed E-state index contributed by atoms with van der Waals surface area (Å²) >= 11 is 0. The normalized spacial score (nSPS) is 13.3. The van der Waals surface area contributed by atoms with E-state index in [4.69, 9.17) is 4.74 Å². The van der Waals surface area contributed by atoms with Crippen molar-refractivity contribution in [1.82, 2.24) is 9.78 Å². The fraction of sp³-hybridized carbons (Fsp3) is 0.538. The molecule has 0 N–H and O–H groups in total. The van der Waals surface area contributed by atoms with E-state index in [2.05, 4.69) is 5.10 Å². The van der Waals surface area contributed by atoms with Gasteiger partial charge in [-0.05, 0) is 31.8 Å². The lowest BCUT2D eigenvalue weighted by Gasteiger charge is -2.06. The molecule has 0 spiro atoms. The lowest BCUT2D eigenvalue weighted by atomic mass is 10.2. The molecule has 104 valence electrons. The fourth-order valence-corrected chi connectivity index (χ4v) is 2.23. The summed E-state index contributed by atoms with van der Waals surface area (Å²) < 4.78 is 31.0. The summed E-state index contributed by atoms with van der Waals surface area (Å²) in [7, 11) is 1.70. The molecule has 0 amide bonds. The van der Waals surface area contributed by atoms with Crippen LogP contribution in [-0.2, 0) is 24.6 Å². The molecule has 1 aromatic rings. The smallest absolute Gasteiger partial charge is 0.356 e. The predicted molar refractivity (Wildman–Crippen MR) is 65.0 cm³/mol. The minimum Gasteiger partial charge on any atom is -0.461 e. The molecular weight excluding hydrogens is 254 g/mol. The topological polar surface area (TPSA) is 44.1 Å². The van der Waals surface area contributed by atoms with Crippen LogP contribution in [0.3, 0.4) is 0 Å². The summed E-state index contributed by atoms with van der Waals surface area (Å²) in [5.41, 5.74) is 2.29. The molecule has 0 saturated carbocycles. The van der Waals surface area contributed by atoms with E-state index in [1.807, 2.05) is 0 Å². The molecule has 0 aromatic carbocycles. The second kappa shape index (κ2) is 5.50. The summed E-state index contributed by atoms with van der Waals surface area (Å²) in [4.78, 5) is 12.0. The van der Waals surface area contributed by atoms with Crippen molar-refractivity contribution in [3.05, 3.63) is 28.6 Å². The molecule has 1 heterocycles. The van der Waals surface area contributed by atoms with E-state index >= 15 is 0 Å². The molecule has 0 bridgehead atoms. The molecule has 0 aliphatic heterocycles. The number of aryl methyl sites for hydroxylation is 2. The van der Waals surface area contributed by atoms with Crippen LogP contribution in [0.2, 0.25) is 0 Å². The van der Waals surface area contributed by atoms with Crippen LogP contribution < -0.4 is 0 Å². The van der Waals surface area contributed by atoms with Gasteiger partial charge in [-0.3, -0.25) is 4.68 Å². The van der Waals surface area contributed by atoms with Crippen LogP contribution in [0.5, 0.6) is 0 Å². The van der Waals surface area contributed by atoms with Gasteiger partial charge in [0.2, 0.25) is 0 Å². The third kappa shape index (κ3) is 2.83. The number of carbonyl (C=O) groups excluding carboxylic acids is 1. The summed E-state index contributed by atoms with van der Waals surface area (Å²) in [6.45, 7) is 1.28. The zero-order chi connectivity index (χ0) is 14.0. The zero-order valence-electron chi connectivity index (χ0n) is 11.0. The number of halogens is 2. The van der Waals surface area contributed by atoms with Crippen molar-refractivity contribution in [2.75, 3.05) is 6.61 Å². The highest BCUT2D eigenvalue weighted by molar-refractivity contribution is 5.89. The van der Waals surface area contributed by atoms with Crippen molar-refractivity contribution in [1.29, 1.82) is 0 Å². The molecule has 19 heavy (non-hydrogen) atoms. The predicted octanol–water partition coefficient (Wildman–Crippen LogP) is 2.63. The van der Waals surface area contributed by atoms with E-state index in [1.54, 1.807) is 7.05 Å². The van der Waals surface area contributed by atoms with Crippen molar-refractivity contribution >= 4 is 5.97 Å². The number of ether oxygens (including phenoxy) is 1. The Morgan fingerprint density at radius 2 is 2.16 bits per heavy atom. The Labute approximate surface area is 110 Å². The Morgan fingerprint density at radius 1 is 1.42 bits per heavy atom. The van der Waals surface area contributed by atoms with E-state index < -0.39 is 12.0 Å². The third-order valence-corrected chi connectivity index (χ3v) is 3.30. The minimum atomic E-state index is -1.71. The molecule has 4 nitrogen and oxygen atoms in total. The average molecular weight is 270 g/mol. The van der Waals surface area contributed by atoms with Gasteiger partial charge in [-0.2, -0.15) is 13.9 Å². The van der Waals surface area contributed by atoms with Gasteiger partial charge in [-0.1, -0.05) is 0 Å². The van der Waals surface area contributed by atoms with Gasteiger partial charge in [-0.25, -0.2) is 4.79 Å². The zero-order valence-corrected chi connectivity index (χ0v) is 11.0. The maximum atomic E-state index is 12.2. The van der Waals surface area contributed by atoms with Gasteiger partial charge in [0.1, 0.15) is 5.69 Å². The van der Waals surface area contributed by atoms with E-state index in [0.717, 1.165) is 30.5 Å². The quantitative estimate of drug-likeness (QED) is 0.790. The standard InChI is InChI=1S/C13H16F2N2O2/c1-8(12(14)15)6-7-19-13(18)11-9-4-3-5-10(9)16-17(11)2/h3-7H2,1-2H3. The number of nitrogens with zero attached hydrogens (tertiary/aromatic N) is 2. The molecule has 6 heteroatoms. The first-order valence-corrected chi connectivity index (χ1v) is 6.23. The van der Waals surface area contributed by atoms with E-state index in [0.29, 0.717) is 5.69 Å². The molecular formula is C13H16F2N2O2. The average Bonchev–Trinajstić information content (AvgIpc) is 2.87. The number of hydrogen-bond donors (Lipinski definition) is 0. The second-order valence-electron chi connectivity index (χ2n) is 4.68. The van der Waals surface area contributed by atoms with Crippen LogP contribution in [0.1, 0.15) is 41.5 Å². The first-order valence-electron chi connectivity index (χ1n) is 6.23. The Bertz CT molecular complexity index is 531. The first kappa shape index (κ1) is 13.7. The third-order valence-electron chi connectivity index (χ3n) is 3.30. The maximum absolute atomic E-state index is 12.2. The minimum absolute atomic E-state index is 0.0397. The molecule has 0 unspecified atom stereocenters. The van der Waals surface area contributed by atoms with Crippen LogP contribution in [0.25, 0.3) is 0 Å². The van der Waals surface area contributed by atoms with Gasteiger partial charge >= 0.3 is 5.97 Å². The SMILES string of the molecule is CC(CCOC(=O)c1c2c(nn1C)CCC2)=C(F)F. The molecule has 0 fully saturated rings. The van der Waals surface area contributed by atoms with Crippen LogP contribution in [0.15, 0.2) is 11.7 Å².